The number of carboxylic acid groups (broad SMARTS) is 1. The largest absolute Gasteiger partial charge is 0.481 e. The maximum atomic E-state index is 11.9. The first-order valence-electron chi connectivity index (χ1n) is 7.12. The Morgan fingerprint density at radius 1 is 1.40 bits per heavy atom. The molecule has 1 fully saturated rings. The summed E-state index contributed by atoms with van der Waals surface area (Å²) in [6.45, 7) is 4.38. The molecular formula is C13H25NO5S. The minimum atomic E-state index is -3.48. The molecule has 1 rings (SSSR count). The molecular weight excluding hydrogens is 282 g/mol. The van der Waals surface area contributed by atoms with Crippen molar-refractivity contribution >= 4 is 16.0 Å². The van der Waals surface area contributed by atoms with Gasteiger partial charge in [-0.3, -0.25) is 4.79 Å². The zero-order valence-electron chi connectivity index (χ0n) is 12.2. The molecule has 7 heteroatoms. The van der Waals surface area contributed by atoms with Gasteiger partial charge in [-0.25, -0.2) is 13.1 Å². The fraction of sp³-hybridized carbons (Fsp3) is 0.923. The second-order valence-electron chi connectivity index (χ2n) is 5.78. The summed E-state index contributed by atoms with van der Waals surface area (Å²) in [6.07, 6.45) is 2.88. The molecule has 0 aliphatic carbocycles. The van der Waals surface area contributed by atoms with E-state index in [-0.39, 0.29) is 24.3 Å². The molecule has 1 aliphatic heterocycles. The Kier molecular flexibility index (Phi) is 6.91. The number of carbonyl (C=O) groups is 1. The summed E-state index contributed by atoms with van der Waals surface area (Å²) in [5.41, 5.74) is 0. The van der Waals surface area contributed by atoms with Crippen molar-refractivity contribution in [3.8, 4) is 0 Å². The van der Waals surface area contributed by atoms with Crippen molar-refractivity contribution in [3.63, 3.8) is 0 Å². The van der Waals surface area contributed by atoms with E-state index < -0.39 is 21.9 Å². The predicted molar refractivity (Wildman–Crippen MR) is 76.0 cm³/mol. The van der Waals surface area contributed by atoms with Crippen LogP contribution in [0.2, 0.25) is 0 Å². The predicted octanol–water partition coefficient (Wildman–Crippen LogP) is 1.22. The third-order valence-electron chi connectivity index (χ3n) is 3.33. The number of hydrogen-bond donors (Lipinski definition) is 2. The second-order valence-corrected chi connectivity index (χ2v) is 7.63. The van der Waals surface area contributed by atoms with Gasteiger partial charge in [0.15, 0.2) is 0 Å². The molecule has 118 valence electrons. The Morgan fingerprint density at radius 2 is 2.10 bits per heavy atom. The van der Waals surface area contributed by atoms with Gasteiger partial charge in [-0.15, -0.1) is 0 Å². The van der Waals surface area contributed by atoms with E-state index in [4.69, 9.17) is 9.84 Å². The first-order valence-corrected chi connectivity index (χ1v) is 8.77. The molecule has 0 aromatic carbocycles. The Hall–Kier alpha value is -0.660. The van der Waals surface area contributed by atoms with Gasteiger partial charge in [-0.2, -0.15) is 0 Å². The van der Waals surface area contributed by atoms with Crippen molar-refractivity contribution in [1.82, 2.24) is 4.72 Å². The fourth-order valence-corrected chi connectivity index (χ4v) is 3.64. The SMILES string of the molecule is CC(C)CC(CNS(=O)(=O)CC1CCCCO1)C(=O)O. The van der Waals surface area contributed by atoms with Gasteiger partial charge in [0, 0.05) is 13.2 Å². The van der Waals surface area contributed by atoms with Gasteiger partial charge in [-0.05, 0) is 31.6 Å². The van der Waals surface area contributed by atoms with Gasteiger partial charge in [0.05, 0.1) is 17.8 Å². The number of hydrogen-bond acceptors (Lipinski definition) is 4. The van der Waals surface area contributed by atoms with Crippen molar-refractivity contribution in [2.24, 2.45) is 11.8 Å². The maximum absolute atomic E-state index is 11.9. The van der Waals surface area contributed by atoms with Crippen LogP contribution in [0.5, 0.6) is 0 Å². The number of rotatable bonds is 8. The van der Waals surface area contributed by atoms with Crippen molar-refractivity contribution < 1.29 is 23.1 Å². The maximum Gasteiger partial charge on any atom is 0.307 e. The minimum absolute atomic E-state index is 0.0530. The molecule has 6 nitrogen and oxygen atoms in total. The van der Waals surface area contributed by atoms with E-state index in [0.717, 1.165) is 19.3 Å². The average Bonchev–Trinajstić information content (AvgIpc) is 2.34. The van der Waals surface area contributed by atoms with Crippen LogP contribution in [0.3, 0.4) is 0 Å². The molecule has 0 aromatic rings. The van der Waals surface area contributed by atoms with Crippen molar-refractivity contribution in [2.45, 2.75) is 45.6 Å². The van der Waals surface area contributed by atoms with Crippen molar-refractivity contribution in [1.29, 1.82) is 0 Å². The van der Waals surface area contributed by atoms with E-state index in [1.54, 1.807) is 0 Å². The molecule has 0 aromatic heterocycles. The van der Waals surface area contributed by atoms with Gasteiger partial charge in [0.1, 0.15) is 0 Å². The zero-order valence-corrected chi connectivity index (χ0v) is 13.0. The highest BCUT2D eigenvalue weighted by molar-refractivity contribution is 7.89. The van der Waals surface area contributed by atoms with Crippen molar-refractivity contribution in [3.05, 3.63) is 0 Å². The third kappa shape index (κ3) is 6.67. The summed E-state index contributed by atoms with van der Waals surface area (Å²) in [6, 6.07) is 0. The lowest BCUT2D eigenvalue weighted by molar-refractivity contribution is -0.142. The molecule has 2 unspecified atom stereocenters. The quantitative estimate of drug-likeness (QED) is 0.703. The zero-order chi connectivity index (χ0) is 15.2. The molecule has 0 radical (unpaired) electrons. The first kappa shape index (κ1) is 17.4. The van der Waals surface area contributed by atoms with Crippen LogP contribution in [0.25, 0.3) is 0 Å². The summed E-state index contributed by atoms with van der Waals surface area (Å²) in [7, 11) is -3.48. The molecule has 0 spiro atoms. The number of aliphatic carboxylic acids is 1. The molecule has 1 aliphatic rings. The van der Waals surface area contributed by atoms with E-state index in [1.807, 2.05) is 13.8 Å². The highest BCUT2D eigenvalue weighted by Crippen LogP contribution is 2.15. The van der Waals surface area contributed by atoms with Crippen LogP contribution in [-0.2, 0) is 19.6 Å². The normalized spacial score (nSPS) is 21.9. The molecule has 20 heavy (non-hydrogen) atoms. The number of carboxylic acids is 1. The molecule has 2 atom stereocenters. The van der Waals surface area contributed by atoms with Crippen LogP contribution in [-0.4, -0.2) is 44.5 Å². The van der Waals surface area contributed by atoms with E-state index in [2.05, 4.69) is 4.72 Å². The van der Waals surface area contributed by atoms with E-state index in [9.17, 15) is 13.2 Å². The highest BCUT2D eigenvalue weighted by Gasteiger charge is 2.25. The van der Waals surface area contributed by atoms with Gasteiger partial charge in [0.2, 0.25) is 10.0 Å². The lowest BCUT2D eigenvalue weighted by atomic mass is 9.98. The summed E-state index contributed by atoms with van der Waals surface area (Å²) < 4.78 is 31.7. The van der Waals surface area contributed by atoms with E-state index in [0.29, 0.717) is 13.0 Å². The van der Waals surface area contributed by atoms with Crippen LogP contribution >= 0.6 is 0 Å². The lowest BCUT2D eigenvalue weighted by Crippen LogP contribution is -2.39. The summed E-state index contributed by atoms with van der Waals surface area (Å²) in [5.74, 6) is -1.52. The first-order chi connectivity index (χ1) is 9.30. The fourth-order valence-electron chi connectivity index (χ4n) is 2.31. The molecule has 1 saturated heterocycles. The topological polar surface area (TPSA) is 92.7 Å². The molecule has 0 saturated carbocycles. The third-order valence-corrected chi connectivity index (χ3v) is 4.75. The standard InChI is InChI=1S/C13H25NO5S/c1-10(2)7-11(13(15)16)8-14-20(17,18)9-12-5-3-4-6-19-12/h10-12,14H,3-9H2,1-2H3,(H,15,16). The van der Waals surface area contributed by atoms with Crippen LogP contribution in [0.4, 0.5) is 0 Å². The van der Waals surface area contributed by atoms with E-state index in [1.165, 1.54) is 0 Å². The Bertz CT molecular complexity index is 401. The van der Waals surface area contributed by atoms with E-state index >= 15 is 0 Å². The monoisotopic (exact) mass is 307 g/mol. The molecule has 1 heterocycles. The van der Waals surface area contributed by atoms with Crippen LogP contribution in [0, 0.1) is 11.8 Å². The smallest absolute Gasteiger partial charge is 0.307 e. The highest BCUT2D eigenvalue weighted by atomic mass is 32.2. The van der Waals surface area contributed by atoms with Gasteiger partial charge >= 0.3 is 5.97 Å². The Morgan fingerprint density at radius 3 is 2.60 bits per heavy atom. The Labute approximate surface area is 120 Å². The van der Waals surface area contributed by atoms with Crippen LogP contribution in [0.15, 0.2) is 0 Å². The van der Waals surface area contributed by atoms with Gasteiger partial charge in [0.25, 0.3) is 0 Å². The molecule has 0 amide bonds. The van der Waals surface area contributed by atoms with Gasteiger partial charge in [-0.1, -0.05) is 13.8 Å². The summed E-state index contributed by atoms with van der Waals surface area (Å²) in [4.78, 5) is 11.1. The minimum Gasteiger partial charge on any atom is -0.481 e. The molecule has 0 bridgehead atoms. The van der Waals surface area contributed by atoms with Crippen molar-refractivity contribution in [2.75, 3.05) is 18.9 Å². The molecule has 2 N–H and O–H groups in total. The van der Waals surface area contributed by atoms with Gasteiger partial charge < -0.3 is 9.84 Å². The van der Waals surface area contributed by atoms with Crippen LogP contribution < -0.4 is 4.72 Å². The Balaban J connectivity index is 2.45. The summed E-state index contributed by atoms with van der Waals surface area (Å²) >= 11 is 0. The second kappa shape index (κ2) is 7.95. The number of sulfonamides is 1. The van der Waals surface area contributed by atoms with Crippen LogP contribution in [0.1, 0.15) is 39.5 Å². The average molecular weight is 307 g/mol. The number of ether oxygens (including phenoxy) is 1. The lowest BCUT2D eigenvalue weighted by Gasteiger charge is -2.23. The summed E-state index contributed by atoms with van der Waals surface area (Å²) in [5, 5.41) is 9.08. The number of nitrogens with one attached hydrogen (secondary N) is 1.